The highest BCUT2D eigenvalue weighted by atomic mass is 35.5. The Morgan fingerprint density at radius 1 is 1.45 bits per heavy atom. The second-order valence-corrected chi connectivity index (χ2v) is 6.37. The summed E-state index contributed by atoms with van der Waals surface area (Å²) in [6.07, 6.45) is 1.08. The van der Waals surface area contributed by atoms with Crippen LogP contribution in [0.3, 0.4) is 0 Å². The van der Waals surface area contributed by atoms with Gasteiger partial charge in [0.25, 0.3) is 0 Å². The monoisotopic (exact) mass is 323 g/mol. The molecule has 0 saturated carbocycles. The third-order valence-electron chi connectivity index (χ3n) is 4.34. The van der Waals surface area contributed by atoms with Crippen LogP contribution in [-0.2, 0) is 4.79 Å². The number of carbonyl (C=O) groups excluding carboxylic acids is 1. The Bertz CT molecular complexity index is 552. The lowest BCUT2D eigenvalue weighted by Crippen LogP contribution is -2.42. The van der Waals surface area contributed by atoms with Gasteiger partial charge in [-0.15, -0.1) is 0 Å². The van der Waals surface area contributed by atoms with Gasteiger partial charge in [0.1, 0.15) is 12.4 Å². The van der Waals surface area contributed by atoms with Gasteiger partial charge in [-0.25, -0.2) is 0 Å². The average Bonchev–Trinajstić information content (AvgIpc) is 2.97. The number of likely N-dealkylation sites (tertiary alicyclic amines) is 1. The van der Waals surface area contributed by atoms with Crippen LogP contribution in [0.15, 0.2) is 18.2 Å². The highest BCUT2D eigenvalue weighted by molar-refractivity contribution is 6.31. The minimum absolute atomic E-state index is 0.187. The van der Waals surface area contributed by atoms with E-state index in [2.05, 4.69) is 10.2 Å². The Morgan fingerprint density at radius 3 is 3.14 bits per heavy atom. The molecule has 5 nitrogen and oxygen atoms in total. The van der Waals surface area contributed by atoms with E-state index < -0.39 is 0 Å². The van der Waals surface area contributed by atoms with Crippen molar-refractivity contribution in [2.24, 2.45) is 5.92 Å². The first-order valence-corrected chi connectivity index (χ1v) is 8.15. The van der Waals surface area contributed by atoms with Crippen molar-refractivity contribution >= 4 is 23.2 Å². The molecule has 0 aliphatic carbocycles. The van der Waals surface area contributed by atoms with Gasteiger partial charge in [0, 0.05) is 18.1 Å². The highest BCUT2D eigenvalue weighted by Crippen LogP contribution is 2.34. The first kappa shape index (κ1) is 15.4. The van der Waals surface area contributed by atoms with Gasteiger partial charge < -0.3 is 19.9 Å². The number of nitrogens with zero attached hydrogens (tertiary/aromatic N) is 2. The number of rotatable bonds is 4. The molecule has 1 fully saturated rings. The lowest BCUT2D eigenvalue weighted by Gasteiger charge is -2.32. The Kier molecular flexibility index (Phi) is 4.74. The van der Waals surface area contributed by atoms with Crippen molar-refractivity contribution in [3.8, 4) is 5.75 Å². The summed E-state index contributed by atoms with van der Waals surface area (Å²) in [6.45, 7) is 4.39. The number of nitrogens with one attached hydrogen (secondary N) is 1. The van der Waals surface area contributed by atoms with Crippen LogP contribution < -0.4 is 15.0 Å². The molecule has 2 heterocycles. The van der Waals surface area contributed by atoms with Crippen LogP contribution in [0, 0.1) is 5.92 Å². The largest absolute Gasteiger partial charge is 0.490 e. The van der Waals surface area contributed by atoms with Gasteiger partial charge in [0.2, 0.25) is 5.91 Å². The molecule has 1 atom stereocenters. The summed E-state index contributed by atoms with van der Waals surface area (Å²) < 4.78 is 5.63. The van der Waals surface area contributed by atoms with Crippen molar-refractivity contribution in [1.82, 2.24) is 10.2 Å². The number of anilines is 1. The number of carbonyl (C=O) groups is 1. The third-order valence-corrected chi connectivity index (χ3v) is 4.57. The first-order valence-electron chi connectivity index (χ1n) is 7.77. The fraction of sp³-hybridized carbons (Fsp3) is 0.562. The molecule has 0 aromatic heterocycles. The summed E-state index contributed by atoms with van der Waals surface area (Å²) in [5.74, 6) is 1.56. The molecule has 2 aliphatic heterocycles. The van der Waals surface area contributed by atoms with E-state index in [1.165, 1.54) is 0 Å². The van der Waals surface area contributed by atoms with Gasteiger partial charge in [-0.05, 0) is 44.1 Å². The van der Waals surface area contributed by atoms with Gasteiger partial charge in [-0.2, -0.15) is 0 Å². The fourth-order valence-corrected chi connectivity index (χ4v) is 3.35. The van der Waals surface area contributed by atoms with Crippen molar-refractivity contribution in [3.63, 3.8) is 0 Å². The van der Waals surface area contributed by atoms with E-state index in [9.17, 15) is 4.79 Å². The molecule has 1 aromatic rings. The van der Waals surface area contributed by atoms with Crippen LogP contribution in [-0.4, -0.2) is 57.2 Å². The Morgan fingerprint density at radius 2 is 2.32 bits per heavy atom. The summed E-state index contributed by atoms with van der Waals surface area (Å²) in [7, 11) is 1.96. The van der Waals surface area contributed by atoms with Crippen molar-refractivity contribution in [3.05, 3.63) is 23.2 Å². The van der Waals surface area contributed by atoms with Crippen molar-refractivity contribution in [1.29, 1.82) is 0 Å². The molecule has 0 unspecified atom stereocenters. The summed E-state index contributed by atoms with van der Waals surface area (Å²) >= 11 is 6.07. The first-order chi connectivity index (χ1) is 10.7. The van der Waals surface area contributed by atoms with Crippen molar-refractivity contribution < 1.29 is 9.53 Å². The predicted octanol–water partition coefficient (Wildman–Crippen LogP) is 1.61. The number of ether oxygens (including phenoxy) is 1. The molecule has 1 aromatic carbocycles. The van der Waals surface area contributed by atoms with E-state index in [1.54, 1.807) is 0 Å². The van der Waals surface area contributed by atoms with Crippen LogP contribution in [0.25, 0.3) is 0 Å². The summed E-state index contributed by atoms with van der Waals surface area (Å²) in [6, 6.07) is 5.55. The summed E-state index contributed by atoms with van der Waals surface area (Å²) in [5, 5.41) is 3.85. The molecule has 2 aliphatic rings. The summed E-state index contributed by atoms with van der Waals surface area (Å²) in [5.41, 5.74) is 0.915. The van der Waals surface area contributed by atoms with Crippen molar-refractivity contribution in [2.75, 3.05) is 51.3 Å². The van der Waals surface area contributed by atoms with Gasteiger partial charge >= 0.3 is 0 Å². The molecule has 0 bridgehead atoms. The van der Waals surface area contributed by atoms with Crippen LogP contribution >= 0.6 is 11.6 Å². The molecule has 1 saturated heterocycles. The molecular formula is C16H22ClN3O2. The fourth-order valence-electron chi connectivity index (χ4n) is 3.19. The molecule has 3 rings (SSSR count). The minimum Gasteiger partial charge on any atom is -0.490 e. The molecule has 6 heteroatoms. The third kappa shape index (κ3) is 3.31. The smallest absolute Gasteiger partial charge is 0.242 e. The zero-order valence-electron chi connectivity index (χ0n) is 12.8. The zero-order valence-corrected chi connectivity index (χ0v) is 13.6. The Balaban J connectivity index is 1.65. The van der Waals surface area contributed by atoms with E-state index in [0.717, 1.165) is 37.5 Å². The maximum Gasteiger partial charge on any atom is 0.242 e. The molecule has 0 spiro atoms. The number of amides is 1. The zero-order chi connectivity index (χ0) is 15.5. The van der Waals surface area contributed by atoms with Gasteiger partial charge in [-0.1, -0.05) is 11.6 Å². The maximum absolute atomic E-state index is 12.5. The van der Waals surface area contributed by atoms with Crippen LogP contribution in [0.1, 0.15) is 6.42 Å². The van der Waals surface area contributed by atoms with E-state index in [4.69, 9.17) is 16.3 Å². The van der Waals surface area contributed by atoms with E-state index >= 15 is 0 Å². The summed E-state index contributed by atoms with van der Waals surface area (Å²) in [4.78, 5) is 16.6. The van der Waals surface area contributed by atoms with E-state index in [-0.39, 0.29) is 5.91 Å². The normalized spacial score (nSPS) is 20.7. The second-order valence-electron chi connectivity index (χ2n) is 5.93. The lowest BCUT2D eigenvalue weighted by atomic mass is 10.1. The molecule has 1 N–H and O–H groups in total. The van der Waals surface area contributed by atoms with Crippen LogP contribution in [0.5, 0.6) is 5.75 Å². The topological polar surface area (TPSA) is 44.8 Å². The number of halogens is 1. The average molecular weight is 324 g/mol. The second kappa shape index (κ2) is 6.75. The number of benzene rings is 1. The van der Waals surface area contributed by atoms with E-state index in [1.807, 2.05) is 30.1 Å². The number of hydrogen-bond acceptors (Lipinski definition) is 4. The minimum atomic E-state index is 0.187. The maximum atomic E-state index is 12.5. The van der Waals surface area contributed by atoms with Gasteiger partial charge in [0.05, 0.1) is 18.8 Å². The highest BCUT2D eigenvalue weighted by Gasteiger charge is 2.28. The molecule has 22 heavy (non-hydrogen) atoms. The molecular weight excluding hydrogens is 302 g/mol. The molecule has 0 radical (unpaired) electrons. The van der Waals surface area contributed by atoms with Gasteiger partial charge in [0.15, 0.2) is 0 Å². The lowest BCUT2D eigenvalue weighted by molar-refractivity contribution is -0.128. The van der Waals surface area contributed by atoms with Crippen LogP contribution in [0.2, 0.25) is 5.02 Å². The molecule has 120 valence electrons. The van der Waals surface area contributed by atoms with Gasteiger partial charge in [-0.3, -0.25) is 4.79 Å². The predicted molar refractivity (Wildman–Crippen MR) is 87.8 cm³/mol. The van der Waals surface area contributed by atoms with E-state index in [0.29, 0.717) is 30.6 Å². The number of fused-ring (bicyclic) bond motifs is 1. The quantitative estimate of drug-likeness (QED) is 0.914. The SMILES string of the molecule is CNC[C@@H]1CCN(C(=O)CN2CCOc3ccc(Cl)cc32)C1. The van der Waals surface area contributed by atoms with Crippen LogP contribution in [0.4, 0.5) is 5.69 Å². The standard InChI is InChI=1S/C16H22ClN3O2/c1-18-9-12-4-5-20(10-12)16(21)11-19-6-7-22-15-3-2-13(17)8-14(15)19/h2-3,8,12,18H,4-7,9-11H2,1H3/t12-/m0/s1. The Labute approximate surface area is 136 Å². The molecule has 1 amide bonds. The Hall–Kier alpha value is -1.46. The van der Waals surface area contributed by atoms with Crippen molar-refractivity contribution in [2.45, 2.75) is 6.42 Å². The number of hydrogen-bond donors (Lipinski definition) is 1.